The Morgan fingerprint density at radius 2 is 1.78 bits per heavy atom. The zero-order chi connectivity index (χ0) is 23.9. The van der Waals surface area contributed by atoms with Crippen LogP contribution in [0.4, 0.5) is 4.79 Å². The molecule has 3 rings (SSSR count). The van der Waals surface area contributed by atoms with E-state index >= 15 is 0 Å². The topological polar surface area (TPSA) is 110 Å². The van der Waals surface area contributed by atoms with Crippen molar-refractivity contribution in [2.75, 3.05) is 6.54 Å². The molecule has 9 heteroatoms. The van der Waals surface area contributed by atoms with Crippen molar-refractivity contribution in [2.24, 2.45) is 0 Å². The Kier molecular flexibility index (Phi) is 6.19. The highest BCUT2D eigenvalue weighted by atomic mass is 16.7. The van der Waals surface area contributed by atoms with Crippen LogP contribution in [-0.2, 0) is 14.0 Å². The lowest BCUT2D eigenvalue weighted by Crippen LogP contribution is -2.41. The molecule has 2 aromatic rings. The van der Waals surface area contributed by atoms with Crippen LogP contribution in [0.1, 0.15) is 64.5 Å². The summed E-state index contributed by atoms with van der Waals surface area (Å²) in [4.78, 5) is 26.3. The Morgan fingerprint density at radius 3 is 2.34 bits per heavy atom. The minimum absolute atomic E-state index is 0.124. The van der Waals surface area contributed by atoms with Crippen molar-refractivity contribution >= 4 is 36.2 Å². The van der Waals surface area contributed by atoms with Crippen molar-refractivity contribution in [3.63, 3.8) is 0 Å². The van der Waals surface area contributed by atoms with E-state index in [2.05, 4.69) is 10.3 Å². The number of aromatic amines is 1. The summed E-state index contributed by atoms with van der Waals surface area (Å²) in [5.41, 5.74) is 0.696. The molecule has 0 saturated carbocycles. The Balaban J connectivity index is 1.91. The van der Waals surface area contributed by atoms with Crippen LogP contribution in [0, 0.1) is 0 Å². The molecule has 0 bridgehead atoms. The molecule has 1 fully saturated rings. The van der Waals surface area contributed by atoms with E-state index in [1.807, 2.05) is 52.0 Å². The maximum Gasteiger partial charge on any atom is 0.492 e. The fraction of sp³-hybridized carbons (Fsp3) is 0.478. The first-order chi connectivity index (χ1) is 14.7. The molecule has 1 amide bonds. The number of hydrogen-bond donors (Lipinski definition) is 3. The Labute approximate surface area is 188 Å². The van der Waals surface area contributed by atoms with Gasteiger partial charge < -0.3 is 29.5 Å². The second-order valence-corrected chi connectivity index (χ2v) is 10.00. The van der Waals surface area contributed by atoms with Crippen molar-refractivity contribution in [1.29, 1.82) is 0 Å². The highest BCUT2D eigenvalue weighted by Crippen LogP contribution is 2.38. The average Bonchev–Trinajstić information content (AvgIpc) is 3.14. The molecule has 3 N–H and O–H groups in total. The number of hydrogen-bond acceptors (Lipinski definition) is 5. The summed E-state index contributed by atoms with van der Waals surface area (Å²) in [6, 6.07) is 7.14. The highest BCUT2D eigenvalue weighted by molar-refractivity contribution is 6.56. The van der Waals surface area contributed by atoms with E-state index in [1.165, 1.54) is 0 Å². The van der Waals surface area contributed by atoms with Crippen LogP contribution >= 0.6 is 0 Å². The van der Waals surface area contributed by atoms with Crippen LogP contribution in [0.15, 0.2) is 29.7 Å². The highest BCUT2D eigenvalue weighted by Gasteiger charge is 2.52. The standard InChI is InChI=1S/C23H31BN2O6/c1-21(2,3)30-20(29)25-13-16(24-31-22(4,5)23(6,7)32-24)11-14-8-9-17-15(10-14)12-18(26-17)19(27)28/h8-12,26H,13H2,1-7H3,(H,25,29)(H,27,28). The Morgan fingerprint density at radius 1 is 1.16 bits per heavy atom. The maximum absolute atomic E-state index is 12.2. The van der Waals surface area contributed by atoms with E-state index in [0.717, 1.165) is 16.5 Å². The van der Waals surface area contributed by atoms with E-state index in [1.54, 1.807) is 26.8 Å². The minimum atomic E-state index is -1.02. The zero-order valence-electron chi connectivity index (χ0n) is 19.7. The van der Waals surface area contributed by atoms with Gasteiger partial charge in [-0.15, -0.1) is 0 Å². The number of aromatic carboxylic acids is 1. The van der Waals surface area contributed by atoms with Gasteiger partial charge >= 0.3 is 19.2 Å². The van der Waals surface area contributed by atoms with Gasteiger partial charge in [0.15, 0.2) is 0 Å². The molecule has 0 spiro atoms. The van der Waals surface area contributed by atoms with Gasteiger partial charge in [-0.3, -0.25) is 0 Å². The fourth-order valence-corrected chi connectivity index (χ4v) is 3.26. The van der Waals surface area contributed by atoms with Crippen molar-refractivity contribution in [2.45, 2.75) is 65.3 Å². The summed E-state index contributed by atoms with van der Waals surface area (Å²) in [5.74, 6) is -1.02. The second kappa shape index (κ2) is 8.29. The molecule has 0 aliphatic carbocycles. The van der Waals surface area contributed by atoms with Crippen molar-refractivity contribution in [3.05, 3.63) is 41.0 Å². The Hall–Kier alpha value is -2.78. The van der Waals surface area contributed by atoms with Gasteiger partial charge in [0, 0.05) is 17.4 Å². The zero-order valence-corrected chi connectivity index (χ0v) is 19.7. The summed E-state index contributed by atoms with van der Waals surface area (Å²) in [7, 11) is -0.661. The molecule has 1 aliphatic heterocycles. The number of nitrogens with one attached hydrogen (secondary N) is 2. The summed E-state index contributed by atoms with van der Waals surface area (Å²) in [6.07, 6.45) is 1.35. The number of aromatic nitrogens is 1. The molecular weight excluding hydrogens is 411 g/mol. The lowest BCUT2D eigenvalue weighted by Gasteiger charge is -2.32. The van der Waals surface area contributed by atoms with E-state index in [4.69, 9.17) is 14.0 Å². The number of ether oxygens (including phenoxy) is 1. The van der Waals surface area contributed by atoms with Gasteiger partial charge in [-0.25, -0.2) is 9.59 Å². The van der Waals surface area contributed by atoms with Crippen LogP contribution in [0.2, 0.25) is 0 Å². The first-order valence-corrected chi connectivity index (χ1v) is 10.6. The van der Waals surface area contributed by atoms with Crippen LogP contribution in [0.3, 0.4) is 0 Å². The SMILES string of the molecule is CC(C)(C)OC(=O)NCC(=Cc1ccc2[nH]c(C(=O)O)cc2c1)B1OC(C)(C)C(C)(C)O1. The van der Waals surface area contributed by atoms with Gasteiger partial charge in [-0.05, 0) is 77.7 Å². The van der Waals surface area contributed by atoms with Crippen LogP contribution in [0.5, 0.6) is 0 Å². The minimum Gasteiger partial charge on any atom is -0.477 e. The van der Waals surface area contributed by atoms with Gasteiger partial charge in [-0.1, -0.05) is 12.1 Å². The largest absolute Gasteiger partial charge is 0.492 e. The number of amides is 1. The van der Waals surface area contributed by atoms with Gasteiger partial charge in [0.2, 0.25) is 0 Å². The molecule has 0 atom stereocenters. The van der Waals surface area contributed by atoms with Gasteiger partial charge in [-0.2, -0.15) is 0 Å². The molecule has 1 saturated heterocycles. The van der Waals surface area contributed by atoms with Crippen molar-refractivity contribution < 1.29 is 28.7 Å². The summed E-state index contributed by atoms with van der Waals surface area (Å²) in [5, 5.41) is 12.8. The molecule has 32 heavy (non-hydrogen) atoms. The van der Waals surface area contributed by atoms with Crippen LogP contribution in [-0.4, -0.2) is 52.6 Å². The third-order valence-corrected chi connectivity index (χ3v) is 5.62. The first-order valence-electron chi connectivity index (χ1n) is 10.6. The summed E-state index contributed by atoms with van der Waals surface area (Å²) in [6.45, 7) is 13.4. The maximum atomic E-state index is 12.2. The first kappa shape index (κ1) is 23.9. The van der Waals surface area contributed by atoms with E-state index in [9.17, 15) is 14.7 Å². The smallest absolute Gasteiger partial charge is 0.477 e. The number of H-pyrrole nitrogens is 1. The summed E-state index contributed by atoms with van der Waals surface area (Å²) < 4.78 is 17.7. The lowest BCUT2D eigenvalue weighted by atomic mass is 9.77. The second-order valence-electron chi connectivity index (χ2n) is 10.00. The number of alkyl carbamates (subject to hydrolysis) is 1. The quantitative estimate of drug-likeness (QED) is 0.592. The normalized spacial score (nSPS) is 18.1. The average molecular weight is 442 g/mol. The molecule has 1 aromatic carbocycles. The third-order valence-electron chi connectivity index (χ3n) is 5.62. The number of rotatable bonds is 5. The van der Waals surface area contributed by atoms with Gasteiger partial charge in [0.05, 0.1) is 11.2 Å². The number of carbonyl (C=O) groups excluding carboxylic acids is 1. The molecule has 8 nitrogen and oxygen atoms in total. The monoisotopic (exact) mass is 442 g/mol. The molecule has 2 heterocycles. The Bertz CT molecular complexity index is 1050. The number of benzene rings is 1. The molecule has 0 radical (unpaired) electrons. The van der Waals surface area contributed by atoms with Crippen molar-refractivity contribution in [3.8, 4) is 0 Å². The molecular formula is C23H31BN2O6. The number of carboxylic acid groups (broad SMARTS) is 1. The van der Waals surface area contributed by atoms with Crippen LogP contribution < -0.4 is 5.32 Å². The van der Waals surface area contributed by atoms with Gasteiger partial charge in [0.25, 0.3) is 0 Å². The lowest BCUT2D eigenvalue weighted by molar-refractivity contribution is 0.00578. The summed E-state index contributed by atoms with van der Waals surface area (Å²) >= 11 is 0. The predicted octanol–water partition coefficient (Wildman–Crippen LogP) is 4.41. The van der Waals surface area contributed by atoms with E-state index in [0.29, 0.717) is 5.47 Å². The molecule has 172 valence electrons. The van der Waals surface area contributed by atoms with E-state index < -0.39 is 36.0 Å². The number of carboxylic acids is 1. The molecule has 1 aromatic heterocycles. The van der Waals surface area contributed by atoms with Gasteiger partial charge in [0.1, 0.15) is 11.3 Å². The van der Waals surface area contributed by atoms with Crippen molar-refractivity contribution in [1.82, 2.24) is 10.3 Å². The van der Waals surface area contributed by atoms with E-state index in [-0.39, 0.29) is 12.2 Å². The molecule has 0 unspecified atom stereocenters. The van der Waals surface area contributed by atoms with Crippen LogP contribution in [0.25, 0.3) is 17.0 Å². The molecule has 1 aliphatic rings. The predicted molar refractivity (Wildman–Crippen MR) is 124 cm³/mol. The number of fused-ring (bicyclic) bond motifs is 1. The number of carbonyl (C=O) groups is 2. The fourth-order valence-electron chi connectivity index (χ4n) is 3.26. The third kappa shape index (κ3) is 5.34.